The van der Waals surface area contributed by atoms with E-state index < -0.39 is 16.3 Å². The molecule has 0 saturated heterocycles. The lowest BCUT2D eigenvalue weighted by Gasteiger charge is -2.15. The Hall–Kier alpha value is -0.920. The summed E-state index contributed by atoms with van der Waals surface area (Å²) in [5.74, 6) is -0.500. The van der Waals surface area contributed by atoms with Crippen molar-refractivity contribution < 1.29 is 22.5 Å². The quantitative estimate of drug-likeness (QED) is 0.281. The lowest BCUT2D eigenvalue weighted by atomic mass is 10.1. The van der Waals surface area contributed by atoms with Crippen LogP contribution in [0.3, 0.4) is 0 Å². The fraction of sp³-hybridized carbons (Fsp3) is 0.700. The zero-order chi connectivity index (χ0) is 13.3. The SMILES string of the molecule is C=CC(=O)OCCCC(CCC)NS(=O)(=O)O. The Morgan fingerprint density at radius 2 is 2.18 bits per heavy atom. The number of esters is 1. The van der Waals surface area contributed by atoms with Crippen LogP contribution in [-0.2, 0) is 19.8 Å². The average molecular weight is 265 g/mol. The number of ether oxygens (including phenoxy) is 1. The molecule has 1 unspecified atom stereocenters. The van der Waals surface area contributed by atoms with Gasteiger partial charge in [-0.15, -0.1) is 0 Å². The van der Waals surface area contributed by atoms with E-state index in [0.717, 1.165) is 12.5 Å². The van der Waals surface area contributed by atoms with Crippen LogP contribution in [0.15, 0.2) is 12.7 Å². The van der Waals surface area contributed by atoms with E-state index in [9.17, 15) is 13.2 Å². The maximum Gasteiger partial charge on any atom is 0.333 e. The number of carbonyl (C=O) groups excluding carboxylic acids is 1. The van der Waals surface area contributed by atoms with E-state index in [1.54, 1.807) is 0 Å². The number of hydrogen-bond donors (Lipinski definition) is 2. The number of carbonyl (C=O) groups is 1. The molecule has 0 amide bonds. The highest BCUT2D eigenvalue weighted by Gasteiger charge is 2.14. The first-order valence-electron chi connectivity index (χ1n) is 5.43. The van der Waals surface area contributed by atoms with E-state index in [0.29, 0.717) is 19.3 Å². The first-order chi connectivity index (χ1) is 7.89. The predicted octanol–water partition coefficient (Wildman–Crippen LogP) is 1.06. The minimum atomic E-state index is -4.18. The molecule has 2 N–H and O–H groups in total. The van der Waals surface area contributed by atoms with E-state index in [2.05, 4.69) is 11.3 Å². The Morgan fingerprint density at radius 3 is 2.65 bits per heavy atom. The van der Waals surface area contributed by atoms with Gasteiger partial charge in [0, 0.05) is 12.1 Å². The Morgan fingerprint density at radius 1 is 1.53 bits per heavy atom. The van der Waals surface area contributed by atoms with Gasteiger partial charge in [-0.3, -0.25) is 4.55 Å². The number of nitrogens with one attached hydrogen (secondary N) is 1. The van der Waals surface area contributed by atoms with Crippen molar-refractivity contribution >= 4 is 16.3 Å². The van der Waals surface area contributed by atoms with Gasteiger partial charge in [0.2, 0.25) is 0 Å². The first kappa shape index (κ1) is 16.1. The third-order valence-electron chi connectivity index (χ3n) is 2.06. The summed E-state index contributed by atoms with van der Waals surface area (Å²) in [4.78, 5) is 10.7. The van der Waals surface area contributed by atoms with Crippen molar-refractivity contribution in [3.63, 3.8) is 0 Å². The minimum Gasteiger partial charge on any atom is -0.463 e. The first-order valence-corrected chi connectivity index (χ1v) is 6.87. The topological polar surface area (TPSA) is 92.7 Å². The van der Waals surface area contributed by atoms with Gasteiger partial charge in [-0.2, -0.15) is 13.1 Å². The van der Waals surface area contributed by atoms with E-state index in [-0.39, 0.29) is 12.6 Å². The van der Waals surface area contributed by atoms with Crippen molar-refractivity contribution in [2.45, 2.75) is 38.6 Å². The molecule has 0 aliphatic rings. The summed E-state index contributed by atoms with van der Waals surface area (Å²) in [7, 11) is -4.18. The molecule has 0 fully saturated rings. The van der Waals surface area contributed by atoms with Gasteiger partial charge >= 0.3 is 16.3 Å². The maximum atomic E-state index is 10.7. The van der Waals surface area contributed by atoms with E-state index in [1.807, 2.05) is 6.92 Å². The van der Waals surface area contributed by atoms with Crippen molar-refractivity contribution in [3.05, 3.63) is 12.7 Å². The van der Waals surface area contributed by atoms with Crippen molar-refractivity contribution in [1.29, 1.82) is 0 Å². The van der Waals surface area contributed by atoms with Crippen LogP contribution < -0.4 is 4.72 Å². The second kappa shape index (κ2) is 8.21. The van der Waals surface area contributed by atoms with Crippen molar-refractivity contribution in [3.8, 4) is 0 Å². The van der Waals surface area contributed by atoms with Crippen molar-refractivity contribution in [2.24, 2.45) is 0 Å². The van der Waals surface area contributed by atoms with Crippen molar-refractivity contribution in [2.75, 3.05) is 6.61 Å². The molecule has 0 aromatic heterocycles. The molecule has 0 spiro atoms. The fourth-order valence-electron chi connectivity index (χ4n) is 1.38. The molecule has 7 heteroatoms. The van der Waals surface area contributed by atoms with Gasteiger partial charge in [0.05, 0.1) is 6.61 Å². The summed E-state index contributed by atoms with van der Waals surface area (Å²) in [5.41, 5.74) is 0. The van der Waals surface area contributed by atoms with Gasteiger partial charge in [-0.05, 0) is 19.3 Å². The Labute approximate surface area is 102 Å². The van der Waals surface area contributed by atoms with Crippen LogP contribution in [0.2, 0.25) is 0 Å². The lowest BCUT2D eigenvalue weighted by Crippen LogP contribution is -2.34. The highest BCUT2D eigenvalue weighted by Crippen LogP contribution is 2.06. The number of rotatable bonds is 9. The van der Waals surface area contributed by atoms with E-state index in [4.69, 9.17) is 9.29 Å². The number of hydrogen-bond acceptors (Lipinski definition) is 4. The molecule has 0 aromatic rings. The molecule has 6 nitrogen and oxygen atoms in total. The second-order valence-corrected chi connectivity index (χ2v) is 4.78. The molecule has 0 bridgehead atoms. The van der Waals surface area contributed by atoms with Crippen LogP contribution in [0, 0.1) is 0 Å². The summed E-state index contributed by atoms with van der Waals surface area (Å²) >= 11 is 0. The minimum absolute atomic E-state index is 0.207. The summed E-state index contributed by atoms with van der Waals surface area (Å²) in [5, 5.41) is 0. The normalized spacial score (nSPS) is 13.1. The Bertz CT molecular complexity index is 339. The lowest BCUT2D eigenvalue weighted by molar-refractivity contribution is -0.137. The zero-order valence-corrected chi connectivity index (χ0v) is 10.7. The molecular formula is C10H19NO5S. The molecule has 0 heterocycles. The molecule has 0 aliphatic carbocycles. The van der Waals surface area contributed by atoms with Gasteiger partial charge in [-0.1, -0.05) is 19.9 Å². The van der Waals surface area contributed by atoms with E-state index >= 15 is 0 Å². The summed E-state index contributed by atoms with van der Waals surface area (Å²) in [6, 6.07) is -0.336. The highest BCUT2D eigenvalue weighted by atomic mass is 32.2. The maximum absolute atomic E-state index is 10.7. The van der Waals surface area contributed by atoms with Gasteiger partial charge in [-0.25, -0.2) is 4.79 Å². The van der Waals surface area contributed by atoms with Gasteiger partial charge < -0.3 is 4.74 Å². The van der Waals surface area contributed by atoms with Gasteiger partial charge in [0.25, 0.3) is 0 Å². The van der Waals surface area contributed by atoms with Gasteiger partial charge in [0.15, 0.2) is 0 Å². The molecule has 0 rings (SSSR count). The van der Waals surface area contributed by atoms with Crippen LogP contribution in [0.4, 0.5) is 0 Å². The summed E-state index contributed by atoms with van der Waals surface area (Å²) in [6.45, 7) is 5.37. The molecule has 0 aliphatic heterocycles. The molecule has 1 atom stereocenters. The van der Waals surface area contributed by atoms with Crippen molar-refractivity contribution in [1.82, 2.24) is 4.72 Å². The smallest absolute Gasteiger partial charge is 0.333 e. The third-order valence-corrected chi connectivity index (χ3v) is 2.69. The van der Waals surface area contributed by atoms with Crippen LogP contribution in [-0.4, -0.2) is 31.6 Å². The Balaban J connectivity index is 3.93. The van der Waals surface area contributed by atoms with Crippen LogP contribution >= 0.6 is 0 Å². The molecule has 0 saturated carbocycles. The third kappa shape index (κ3) is 9.98. The Kier molecular flexibility index (Phi) is 7.77. The summed E-state index contributed by atoms with van der Waals surface area (Å²) < 4.78 is 36.8. The molecule has 0 aromatic carbocycles. The molecular weight excluding hydrogens is 246 g/mol. The largest absolute Gasteiger partial charge is 0.463 e. The van der Waals surface area contributed by atoms with Crippen LogP contribution in [0.5, 0.6) is 0 Å². The monoisotopic (exact) mass is 265 g/mol. The second-order valence-electron chi connectivity index (χ2n) is 3.59. The van der Waals surface area contributed by atoms with Crippen LogP contribution in [0.25, 0.3) is 0 Å². The molecule has 17 heavy (non-hydrogen) atoms. The predicted molar refractivity (Wildman–Crippen MR) is 63.8 cm³/mol. The molecule has 100 valence electrons. The summed E-state index contributed by atoms with van der Waals surface area (Å²) in [6.07, 6.45) is 3.50. The van der Waals surface area contributed by atoms with Crippen LogP contribution in [0.1, 0.15) is 32.6 Å². The highest BCUT2D eigenvalue weighted by molar-refractivity contribution is 7.83. The van der Waals surface area contributed by atoms with E-state index in [1.165, 1.54) is 0 Å². The zero-order valence-electron chi connectivity index (χ0n) is 9.89. The fourth-order valence-corrected chi connectivity index (χ4v) is 2.04. The van der Waals surface area contributed by atoms with Gasteiger partial charge in [0.1, 0.15) is 0 Å². The molecule has 0 radical (unpaired) electrons. The average Bonchev–Trinajstić information content (AvgIpc) is 2.22. The standard InChI is InChI=1S/C10H19NO5S/c1-3-6-9(11-17(13,14)15)7-5-8-16-10(12)4-2/h4,9,11H,2-3,5-8H2,1H3,(H,13,14,15).